The molecule has 2 N–H and O–H groups in total. The lowest BCUT2D eigenvalue weighted by molar-refractivity contribution is -0.125. The van der Waals surface area contributed by atoms with Crippen LogP contribution in [0.5, 0.6) is 5.75 Å². The molecule has 2 aromatic carbocycles. The molecular formula is C23H31N3O3. The Morgan fingerprint density at radius 2 is 1.66 bits per heavy atom. The van der Waals surface area contributed by atoms with Crippen LogP contribution in [0.25, 0.3) is 0 Å². The molecule has 0 unspecified atom stereocenters. The molecule has 0 bridgehead atoms. The Kier molecular flexibility index (Phi) is 9.02. The zero-order valence-electron chi connectivity index (χ0n) is 17.5. The highest BCUT2D eigenvalue weighted by Crippen LogP contribution is 2.13. The van der Waals surface area contributed by atoms with E-state index in [4.69, 9.17) is 4.74 Å². The van der Waals surface area contributed by atoms with Gasteiger partial charge in [0, 0.05) is 13.0 Å². The van der Waals surface area contributed by atoms with Gasteiger partial charge in [-0.3, -0.25) is 10.2 Å². The van der Waals surface area contributed by atoms with Crippen molar-refractivity contribution in [1.82, 2.24) is 15.8 Å². The second kappa shape index (κ2) is 11.7. The van der Waals surface area contributed by atoms with Crippen molar-refractivity contribution in [3.63, 3.8) is 0 Å². The Labute approximate surface area is 173 Å². The molecule has 0 saturated carbocycles. The first-order valence-electron chi connectivity index (χ1n) is 10.0. The fourth-order valence-electron chi connectivity index (χ4n) is 2.82. The number of hydrazine groups is 1. The van der Waals surface area contributed by atoms with Crippen molar-refractivity contribution < 1.29 is 14.3 Å². The summed E-state index contributed by atoms with van der Waals surface area (Å²) < 4.78 is 5.15. The van der Waals surface area contributed by atoms with Crippen molar-refractivity contribution >= 4 is 11.9 Å². The first-order valence-corrected chi connectivity index (χ1v) is 10.0. The highest BCUT2D eigenvalue weighted by atomic mass is 16.5. The molecule has 2 aromatic rings. The van der Waals surface area contributed by atoms with Crippen molar-refractivity contribution in [2.75, 3.05) is 13.7 Å². The largest absolute Gasteiger partial charge is 0.497 e. The lowest BCUT2D eigenvalue weighted by atomic mass is 10.1. The Balaban J connectivity index is 1.88. The summed E-state index contributed by atoms with van der Waals surface area (Å²) in [4.78, 5) is 24.9. The lowest BCUT2D eigenvalue weighted by Gasteiger charge is -2.24. The number of rotatable bonds is 9. The van der Waals surface area contributed by atoms with Gasteiger partial charge in [0.05, 0.1) is 13.7 Å². The number of carbonyl (C=O) groups excluding carboxylic acids is 2. The molecule has 0 atom stereocenters. The molecule has 0 fully saturated rings. The number of aryl methyl sites for hydroxylation is 2. The maximum atomic E-state index is 12.5. The monoisotopic (exact) mass is 397 g/mol. The van der Waals surface area contributed by atoms with E-state index in [1.807, 2.05) is 62.4 Å². The van der Waals surface area contributed by atoms with E-state index in [-0.39, 0.29) is 11.9 Å². The van der Waals surface area contributed by atoms with Gasteiger partial charge in [0.15, 0.2) is 0 Å². The van der Waals surface area contributed by atoms with Crippen LogP contribution in [0.3, 0.4) is 0 Å². The van der Waals surface area contributed by atoms with Gasteiger partial charge in [0.25, 0.3) is 0 Å². The minimum absolute atomic E-state index is 0.169. The maximum Gasteiger partial charge on any atom is 0.336 e. The number of nitrogens with one attached hydrogen (secondary N) is 2. The standard InChI is InChI=1S/C23H31N3O3/c1-4-16-24-23(28)26(17-20-10-8-18(2)9-11-20)25-22(27)7-5-6-19-12-14-21(29-3)15-13-19/h8-15H,4-7,16-17H2,1-3H3,(H,24,28)(H,25,27). The summed E-state index contributed by atoms with van der Waals surface area (Å²) in [5.74, 6) is 0.647. The number of amides is 3. The van der Waals surface area contributed by atoms with Gasteiger partial charge < -0.3 is 10.1 Å². The highest BCUT2D eigenvalue weighted by molar-refractivity contribution is 5.81. The number of hydrogen-bond donors (Lipinski definition) is 2. The molecule has 0 saturated heterocycles. The summed E-state index contributed by atoms with van der Waals surface area (Å²) in [5.41, 5.74) is 6.01. The summed E-state index contributed by atoms with van der Waals surface area (Å²) in [6.45, 7) is 4.89. The molecule has 3 amide bonds. The average Bonchev–Trinajstić information content (AvgIpc) is 2.73. The van der Waals surface area contributed by atoms with E-state index in [0.717, 1.165) is 35.3 Å². The minimum atomic E-state index is -0.295. The van der Waals surface area contributed by atoms with Crippen molar-refractivity contribution in [3.05, 3.63) is 65.2 Å². The average molecular weight is 398 g/mol. The highest BCUT2D eigenvalue weighted by Gasteiger charge is 2.16. The molecule has 0 aliphatic heterocycles. The Bertz CT molecular complexity index is 773. The maximum absolute atomic E-state index is 12.5. The van der Waals surface area contributed by atoms with Crippen molar-refractivity contribution in [1.29, 1.82) is 0 Å². The van der Waals surface area contributed by atoms with Gasteiger partial charge in [-0.1, -0.05) is 48.9 Å². The fraction of sp³-hybridized carbons (Fsp3) is 0.391. The third-order valence-electron chi connectivity index (χ3n) is 4.52. The summed E-state index contributed by atoms with van der Waals surface area (Å²) >= 11 is 0. The van der Waals surface area contributed by atoms with E-state index in [1.54, 1.807) is 7.11 Å². The molecule has 0 heterocycles. The van der Waals surface area contributed by atoms with Crippen LogP contribution in [0.15, 0.2) is 48.5 Å². The number of hydrogen-bond acceptors (Lipinski definition) is 3. The molecule has 6 heteroatoms. The fourth-order valence-corrected chi connectivity index (χ4v) is 2.82. The van der Waals surface area contributed by atoms with Crippen molar-refractivity contribution in [3.8, 4) is 5.75 Å². The number of ether oxygens (including phenoxy) is 1. The Morgan fingerprint density at radius 1 is 1.00 bits per heavy atom. The van der Waals surface area contributed by atoms with E-state index in [1.165, 1.54) is 5.01 Å². The van der Waals surface area contributed by atoms with E-state index in [2.05, 4.69) is 10.7 Å². The van der Waals surface area contributed by atoms with Crippen molar-refractivity contribution in [2.45, 2.75) is 46.1 Å². The number of urea groups is 1. The smallest absolute Gasteiger partial charge is 0.336 e. The lowest BCUT2D eigenvalue weighted by Crippen LogP contribution is -2.50. The van der Waals surface area contributed by atoms with Crippen LogP contribution in [-0.2, 0) is 17.8 Å². The minimum Gasteiger partial charge on any atom is -0.497 e. The Morgan fingerprint density at radius 3 is 2.28 bits per heavy atom. The molecule has 29 heavy (non-hydrogen) atoms. The van der Waals surface area contributed by atoms with E-state index >= 15 is 0 Å². The quantitative estimate of drug-likeness (QED) is 0.629. The third-order valence-corrected chi connectivity index (χ3v) is 4.52. The van der Waals surface area contributed by atoms with E-state index in [0.29, 0.717) is 25.9 Å². The predicted octanol–water partition coefficient (Wildman–Crippen LogP) is 3.98. The van der Waals surface area contributed by atoms with Gasteiger partial charge in [-0.25, -0.2) is 9.80 Å². The second-order valence-corrected chi connectivity index (χ2v) is 7.04. The Hall–Kier alpha value is -3.02. The first kappa shape index (κ1) is 22.3. The molecule has 156 valence electrons. The van der Waals surface area contributed by atoms with E-state index in [9.17, 15) is 9.59 Å². The molecular weight excluding hydrogens is 366 g/mol. The number of benzene rings is 2. The first-order chi connectivity index (χ1) is 14.0. The van der Waals surface area contributed by atoms with Gasteiger partial charge in [-0.05, 0) is 49.4 Å². The molecule has 0 aliphatic carbocycles. The SMILES string of the molecule is CCCNC(=O)N(Cc1ccc(C)cc1)NC(=O)CCCc1ccc(OC)cc1. The number of nitrogens with zero attached hydrogens (tertiary/aromatic N) is 1. The summed E-state index contributed by atoms with van der Waals surface area (Å²) in [6, 6.07) is 15.4. The summed E-state index contributed by atoms with van der Waals surface area (Å²) in [7, 11) is 1.64. The molecule has 0 radical (unpaired) electrons. The van der Waals surface area contributed by atoms with Gasteiger partial charge in [-0.2, -0.15) is 0 Å². The van der Waals surface area contributed by atoms with Gasteiger partial charge in [0.1, 0.15) is 5.75 Å². The number of methoxy groups -OCH3 is 1. The van der Waals surface area contributed by atoms with Crippen LogP contribution in [0, 0.1) is 6.92 Å². The summed E-state index contributed by atoms with van der Waals surface area (Å²) in [6.07, 6.45) is 2.67. The molecule has 6 nitrogen and oxygen atoms in total. The van der Waals surface area contributed by atoms with E-state index < -0.39 is 0 Å². The van der Waals surface area contributed by atoms with Crippen LogP contribution < -0.4 is 15.5 Å². The van der Waals surface area contributed by atoms with Crippen LogP contribution >= 0.6 is 0 Å². The zero-order valence-corrected chi connectivity index (χ0v) is 17.5. The van der Waals surface area contributed by atoms with Crippen LogP contribution in [0.2, 0.25) is 0 Å². The topological polar surface area (TPSA) is 70.7 Å². The van der Waals surface area contributed by atoms with Gasteiger partial charge >= 0.3 is 6.03 Å². The van der Waals surface area contributed by atoms with Gasteiger partial charge in [-0.15, -0.1) is 0 Å². The van der Waals surface area contributed by atoms with Crippen LogP contribution in [0.4, 0.5) is 4.79 Å². The normalized spacial score (nSPS) is 10.3. The molecule has 2 rings (SSSR count). The van der Waals surface area contributed by atoms with Crippen molar-refractivity contribution in [2.24, 2.45) is 0 Å². The zero-order chi connectivity index (χ0) is 21.1. The molecule has 0 aromatic heterocycles. The molecule has 0 aliphatic rings. The van der Waals surface area contributed by atoms with Crippen LogP contribution in [0.1, 0.15) is 42.9 Å². The second-order valence-electron chi connectivity index (χ2n) is 7.04. The number of carbonyl (C=O) groups is 2. The third kappa shape index (κ3) is 7.86. The van der Waals surface area contributed by atoms with Crippen LogP contribution in [-0.4, -0.2) is 30.6 Å². The van der Waals surface area contributed by atoms with Gasteiger partial charge in [0.2, 0.25) is 5.91 Å². The summed E-state index contributed by atoms with van der Waals surface area (Å²) in [5, 5.41) is 4.18. The molecule has 0 spiro atoms. The predicted molar refractivity (Wildman–Crippen MR) is 114 cm³/mol.